The van der Waals surface area contributed by atoms with Crippen LogP contribution in [0.2, 0.25) is 0 Å². The number of benzene rings is 1. The summed E-state index contributed by atoms with van der Waals surface area (Å²) in [5.41, 5.74) is 3.63. The van der Waals surface area contributed by atoms with E-state index in [0.717, 1.165) is 22.9 Å². The van der Waals surface area contributed by atoms with Gasteiger partial charge in [0.2, 0.25) is 0 Å². The van der Waals surface area contributed by atoms with Crippen LogP contribution in [-0.4, -0.2) is 63.9 Å². The molecule has 158 valence electrons. The minimum atomic E-state index is -3.78. The molecule has 9 nitrogen and oxygen atoms in total. The van der Waals surface area contributed by atoms with E-state index in [0.29, 0.717) is 38.8 Å². The first-order valence-electron chi connectivity index (χ1n) is 9.92. The number of carbonyl (C=O) groups is 1. The molecule has 29 heavy (non-hydrogen) atoms. The lowest BCUT2D eigenvalue weighted by molar-refractivity contribution is -0.134. The van der Waals surface area contributed by atoms with Crippen LogP contribution in [-0.2, 0) is 15.0 Å². The molecule has 3 heterocycles. The van der Waals surface area contributed by atoms with Crippen molar-refractivity contribution in [3.63, 3.8) is 0 Å². The molecule has 1 atom stereocenters. The van der Waals surface area contributed by atoms with Crippen LogP contribution in [0.3, 0.4) is 0 Å². The third kappa shape index (κ3) is 3.73. The molecule has 2 aromatic rings. The highest BCUT2D eigenvalue weighted by atomic mass is 32.2. The molecule has 2 saturated heterocycles. The topological polar surface area (TPSA) is 126 Å². The van der Waals surface area contributed by atoms with Gasteiger partial charge in [0.1, 0.15) is 11.8 Å². The van der Waals surface area contributed by atoms with Crippen molar-refractivity contribution in [1.29, 1.82) is 0 Å². The van der Waals surface area contributed by atoms with E-state index in [1.807, 2.05) is 12.3 Å². The number of H-pyrrole nitrogens is 1. The average Bonchev–Trinajstić information content (AvgIpc) is 3.16. The summed E-state index contributed by atoms with van der Waals surface area (Å²) >= 11 is 0. The van der Waals surface area contributed by atoms with Gasteiger partial charge in [-0.15, -0.1) is 0 Å². The molecule has 2 aliphatic rings. The SMILES string of the molecule is O=C(NO)[C@H]1CCCCN1S(=O)(=O)N1CCC(c2c[nH]c3ccc(O)cc23)CC1. The van der Waals surface area contributed by atoms with Crippen molar-refractivity contribution in [3.05, 3.63) is 30.0 Å². The van der Waals surface area contributed by atoms with Gasteiger partial charge < -0.3 is 10.1 Å². The molecular formula is C19H26N4O5S. The maximum Gasteiger partial charge on any atom is 0.282 e. The Morgan fingerprint density at radius 1 is 1.14 bits per heavy atom. The number of aromatic amines is 1. The van der Waals surface area contributed by atoms with Crippen LogP contribution in [0.4, 0.5) is 0 Å². The zero-order valence-corrected chi connectivity index (χ0v) is 16.9. The van der Waals surface area contributed by atoms with Crippen LogP contribution in [0.5, 0.6) is 5.75 Å². The Bertz CT molecular complexity index is 997. The lowest BCUT2D eigenvalue weighted by Crippen LogP contribution is -2.56. The number of aromatic nitrogens is 1. The first-order chi connectivity index (χ1) is 13.9. The van der Waals surface area contributed by atoms with Crippen molar-refractivity contribution >= 4 is 27.0 Å². The lowest BCUT2D eigenvalue weighted by atomic mass is 9.90. The minimum Gasteiger partial charge on any atom is -0.508 e. The molecule has 10 heteroatoms. The Morgan fingerprint density at radius 3 is 2.62 bits per heavy atom. The van der Waals surface area contributed by atoms with E-state index < -0.39 is 22.2 Å². The second-order valence-corrected chi connectivity index (χ2v) is 9.63. The number of hydroxylamine groups is 1. The first-order valence-corrected chi connectivity index (χ1v) is 11.3. The van der Waals surface area contributed by atoms with E-state index in [-0.39, 0.29) is 18.2 Å². The van der Waals surface area contributed by atoms with Gasteiger partial charge in [-0.25, -0.2) is 5.48 Å². The van der Waals surface area contributed by atoms with Gasteiger partial charge in [-0.1, -0.05) is 6.42 Å². The highest BCUT2D eigenvalue weighted by Gasteiger charge is 2.41. The van der Waals surface area contributed by atoms with Gasteiger partial charge in [-0.05, 0) is 55.4 Å². The second-order valence-electron chi connectivity index (χ2n) is 7.75. The number of hydrogen-bond donors (Lipinski definition) is 4. The fraction of sp³-hybridized carbons (Fsp3) is 0.526. The van der Waals surface area contributed by atoms with Gasteiger partial charge >= 0.3 is 0 Å². The zero-order chi connectivity index (χ0) is 20.6. The van der Waals surface area contributed by atoms with E-state index in [1.165, 1.54) is 8.61 Å². The Labute approximate surface area is 169 Å². The quantitative estimate of drug-likeness (QED) is 0.440. The summed E-state index contributed by atoms with van der Waals surface area (Å²) in [6.45, 7) is 1.01. The number of phenols is 1. The molecule has 0 spiro atoms. The molecule has 0 bridgehead atoms. The molecule has 4 N–H and O–H groups in total. The van der Waals surface area contributed by atoms with Crippen LogP contribution < -0.4 is 5.48 Å². The largest absolute Gasteiger partial charge is 0.508 e. The molecule has 0 unspecified atom stereocenters. The van der Waals surface area contributed by atoms with Gasteiger partial charge in [0.05, 0.1) is 0 Å². The van der Waals surface area contributed by atoms with Crippen LogP contribution in [0.15, 0.2) is 24.4 Å². The third-order valence-electron chi connectivity index (χ3n) is 6.08. The van der Waals surface area contributed by atoms with E-state index in [2.05, 4.69) is 4.98 Å². The van der Waals surface area contributed by atoms with Crippen LogP contribution >= 0.6 is 0 Å². The lowest BCUT2D eigenvalue weighted by Gasteiger charge is -2.39. The summed E-state index contributed by atoms with van der Waals surface area (Å²) in [6, 6.07) is 4.33. The van der Waals surface area contributed by atoms with Crippen molar-refractivity contribution in [3.8, 4) is 5.75 Å². The van der Waals surface area contributed by atoms with E-state index >= 15 is 0 Å². The number of piperidine rings is 2. The number of fused-ring (bicyclic) bond motifs is 1. The fourth-order valence-electron chi connectivity index (χ4n) is 4.53. The number of rotatable bonds is 4. The number of nitrogens with zero attached hydrogens (tertiary/aromatic N) is 2. The van der Waals surface area contributed by atoms with E-state index in [4.69, 9.17) is 5.21 Å². The Hall–Kier alpha value is -2.14. The number of hydrogen-bond acceptors (Lipinski definition) is 5. The van der Waals surface area contributed by atoms with Gasteiger partial charge in [0.15, 0.2) is 0 Å². The highest BCUT2D eigenvalue weighted by molar-refractivity contribution is 7.86. The zero-order valence-electron chi connectivity index (χ0n) is 16.0. The van der Waals surface area contributed by atoms with Crippen molar-refractivity contribution in [2.24, 2.45) is 0 Å². The molecule has 0 aliphatic carbocycles. The summed E-state index contributed by atoms with van der Waals surface area (Å²) in [7, 11) is -3.78. The summed E-state index contributed by atoms with van der Waals surface area (Å²) < 4.78 is 29.0. The van der Waals surface area contributed by atoms with Crippen molar-refractivity contribution in [2.75, 3.05) is 19.6 Å². The fourth-order valence-corrected chi connectivity index (χ4v) is 6.38. The standard InChI is InChI=1S/C19H26N4O5S/c24-14-4-5-17-15(11-14)16(12-20-17)13-6-9-22(10-7-13)29(27,28)23-8-2-1-3-18(23)19(25)21-26/h4-5,11-13,18,20,24,26H,1-3,6-10H2,(H,21,25)/t18-/m1/s1. The van der Waals surface area contributed by atoms with Gasteiger partial charge in [0.25, 0.3) is 16.1 Å². The van der Waals surface area contributed by atoms with Crippen LogP contribution in [0, 0.1) is 0 Å². The molecule has 1 amide bonds. The Morgan fingerprint density at radius 2 is 1.90 bits per heavy atom. The smallest absolute Gasteiger partial charge is 0.282 e. The van der Waals surface area contributed by atoms with Crippen molar-refractivity contribution in [2.45, 2.75) is 44.1 Å². The molecule has 0 saturated carbocycles. The monoisotopic (exact) mass is 422 g/mol. The third-order valence-corrected chi connectivity index (χ3v) is 8.13. The molecule has 0 radical (unpaired) electrons. The van der Waals surface area contributed by atoms with E-state index in [9.17, 15) is 18.3 Å². The molecule has 1 aromatic heterocycles. The maximum atomic E-state index is 13.2. The van der Waals surface area contributed by atoms with Gasteiger partial charge in [-0.3, -0.25) is 10.0 Å². The number of carbonyl (C=O) groups excluding carboxylic acids is 1. The maximum absolute atomic E-state index is 13.2. The number of nitrogens with one attached hydrogen (secondary N) is 2. The Kier molecular flexibility index (Phi) is 5.52. The van der Waals surface area contributed by atoms with Crippen LogP contribution in [0.25, 0.3) is 10.9 Å². The minimum absolute atomic E-state index is 0.190. The highest BCUT2D eigenvalue weighted by Crippen LogP contribution is 2.36. The number of phenolic OH excluding ortho intramolecular Hbond substituents is 1. The predicted molar refractivity (Wildman–Crippen MR) is 107 cm³/mol. The summed E-state index contributed by atoms with van der Waals surface area (Å²) in [5, 5.41) is 19.7. The number of amides is 1. The predicted octanol–water partition coefficient (Wildman–Crippen LogP) is 1.66. The van der Waals surface area contributed by atoms with Crippen LogP contribution in [0.1, 0.15) is 43.6 Å². The molecule has 2 fully saturated rings. The Balaban J connectivity index is 1.49. The molecule has 2 aliphatic heterocycles. The summed E-state index contributed by atoms with van der Waals surface area (Å²) in [4.78, 5) is 15.2. The summed E-state index contributed by atoms with van der Waals surface area (Å²) in [6.07, 6.45) is 5.11. The second kappa shape index (κ2) is 7.94. The van der Waals surface area contributed by atoms with E-state index in [1.54, 1.807) is 17.6 Å². The van der Waals surface area contributed by atoms with Gasteiger partial charge in [-0.2, -0.15) is 17.0 Å². The summed E-state index contributed by atoms with van der Waals surface area (Å²) in [5.74, 6) is -0.284. The van der Waals surface area contributed by atoms with Gasteiger partial charge in [0, 0.05) is 36.7 Å². The normalized spacial score (nSPS) is 22.7. The average molecular weight is 423 g/mol. The first kappa shape index (κ1) is 20.1. The van der Waals surface area contributed by atoms with Crippen molar-refractivity contribution in [1.82, 2.24) is 19.1 Å². The molecule has 4 rings (SSSR count). The number of aromatic hydroxyl groups is 1. The molecular weight excluding hydrogens is 396 g/mol. The molecule has 1 aromatic carbocycles. The van der Waals surface area contributed by atoms with Crippen molar-refractivity contribution < 1.29 is 23.5 Å².